The van der Waals surface area contributed by atoms with Crippen molar-refractivity contribution >= 4 is 12.0 Å². The number of allylic oxidation sites excluding steroid dienone is 1. The molecule has 0 unspecified atom stereocenters. The van der Waals surface area contributed by atoms with Crippen LogP contribution >= 0.6 is 0 Å². The molecule has 0 spiro atoms. The molecule has 0 aliphatic rings. The van der Waals surface area contributed by atoms with Crippen LogP contribution in [0.2, 0.25) is 0 Å². The van der Waals surface area contributed by atoms with Gasteiger partial charge in [-0.3, -0.25) is 0 Å². The average Bonchev–Trinajstić information content (AvgIpc) is 2.26. The van der Waals surface area contributed by atoms with Gasteiger partial charge in [0.15, 0.2) is 0 Å². The molecule has 0 radical (unpaired) electrons. The Balaban J connectivity index is 2.75. The molecule has 0 heterocycles. The van der Waals surface area contributed by atoms with Crippen LogP contribution in [-0.4, -0.2) is 18.8 Å². The van der Waals surface area contributed by atoms with Gasteiger partial charge in [0, 0.05) is 6.08 Å². The van der Waals surface area contributed by atoms with Crippen LogP contribution in [-0.2, 0) is 4.74 Å². The third kappa shape index (κ3) is 4.72. The smallest absolute Gasteiger partial charge is 0.409 e. The Morgan fingerprint density at radius 2 is 1.88 bits per heavy atom. The number of alkyl halides is 3. The highest BCUT2D eigenvalue weighted by Crippen LogP contribution is 2.18. The Bertz CT molecular complexity index is 405. The zero-order chi connectivity index (χ0) is 12.9. The molecule has 0 aromatic heterocycles. The Morgan fingerprint density at radius 3 is 2.35 bits per heavy atom. The number of halogens is 3. The average molecular weight is 244 g/mol. The lowest BCUT2D eigenvalue weighted by molar-refractivity contribution is -0.0790. The van der Waals surface area contributed by atoms with E-state index in [9.17, 15) is 18.0 Å². The van der Waals surface area contributed by atoms with Gasteiger partial charge in [-0.2, -0.15) is 13.2 Å². The maximum atomic E-state index is 11.9. The van der Waals surface area contributed by atoms with Crippen LogP contribution in [0.5, 0.6) is 0 Å². The lowest BCUT2D eigenvalue weighted by Crippen LogP contribution is -2.04. The van der Waals surface area contributed by atoms with Crippen molar-refractivity contribution in [2.75, 3.05) is 6.61 Å². The third-order valence-electron chi connectivity index (χ3n) is 1.89. The molecule has 1 aromatic carbocycles. The topological polar surface area (TPSA) is 26.3 Å². The zero-order valence-electron chi connectivity index (χ0n) is 9.12. The number of carbonyl (C=O) groups is 1. The number of hydrogen-bond acceptors (Lipinski definition) is 2. The second-order valence-corrected chi connectivity index (χ2v) is 3.22. The molecule has 1 rings (SSSR count). The van der Waals surface area contributed by atoms with Gasteiger partial charge in [-0.1, -0.05) is 18.2 Å². The lowest BCUT2D eigenvalue weighted by atomic mass is 10.1. The molecule has 0 N–H and O–H groups in total. The van der Waals surface area contributed by atoms with Crippen molar-refractivity contribution in [2.45, 2.75) is 13.1 Å². The predicted molar refractivity (Wildman–Crippen MR) is 57.5 cm³/mol. The highest BCUT2D eigenvalue weighted by atomic mass is 19.4. The predicted octanol–water partition coefficient (Wildman–Crippen LogP) is 3.44. The molecule has 5 heteroatoms. The molecule has 0 amide bonds. The first kappa shape index (κ1) is 13.3. The molecular weight excluding hydrogens is 233 g/mol. The monoisotopic (exact) mass is 244 g/mol. The summed E-state index contributed by atoms with van der Waals surface area (Å²) >= 11 is 0. The van der Waals surface area contributed by atoms with Gasteiger partial charge in [-0.25, -0.2) is 4.79 Å². The molecule has 92 valence electrons. The first-order valence-corrected chi connectivity index (χ1v) is 4.95. The summed E-state index contributed by atoms with van der Waals surface area (Å²) in [6.45, 7) is 1.94. The van der Waals surface area contributed by atoms with Gasteiger partial charge in [-0.15, -0.1) is 0 Å². The molecule has 0 bridgehead atoms. The van der Waals surface area contributed by atoms with Gasteiger partial charge in [0.05, 0.1) is 12.2 Å². The number of rotatable bonds is 3. The summed E-state index contributed by atoms with van der Waals surface area (Å²) in [7, 11) is 0. The van der Waals surface area contributed by atoms with E-state index in [-0.39, 0.29) is 12.7 Å². The molecule has 0 saturated heterocycles. The number of ether oxygens (including phenoxy) is 1. The Morgan fingerprint density at radius 1 is 1.29 bits per heavy atom. The van der Waals surface area contributed by atoms with Crippen molar-refractivity contribution in [1.82, 2.24) is 0 Å². The highest BCUT2D eigenvalue weighted by Gasteiger charge is 2.21. The molecule has 0 aliphatic carbocycles. The van der Waals surface area contributed by atoms with E-state index in [1.165, 1.54) is 24.3 Å². The standard InChI is InChI=1S/C12H11F3O2/c1-2-17-11(16)10-5-3-9(4-6-10)7-8-12(13,14)15/h3-8H,2H2,1H3/b8-7+. The fraction of sp³-hybridized carbons (Fsp3) is 0.250. The van der Waals surface area contributed by atoms with Crippen molar-refractivity contribution in [3.05, 3.63) is 41.5 Å². The summed E-state index contributed by atoms with van der Waals surface area (Å²) in [4.78, 5) is 11.3. The van der Waals surface area contributed by atoms with Crippen molar-refractivity contribution in [2.24, 2.45) is 0 Å². The van der Waals surface area contributed by atoms with Crippen LogP contribution in [0.25, 0.3) is 6.08 Å². The van der Waals surface area contributed by atoms with Crippen LogP contribution in [0.4, 0.5) is 13.2 Å². The largest absolute Gasteiger partial charge is 0.462 e. The molecule has 0 atom stereocenters. The normalized spacial score (nSPS) is 11.8. The number of carbonyl (C=O) groups excluding carboxylic acids is 1. The lowest BCUT2D eigenvalue weighted by Gasteiger charge is -2.02. The highest BCUT2D eigenvalue weighted by molar-refractivity contribution is 5.89. The minimum absolute atomic E-state index is 0.145. The summed E-state index contributed by atoms with van der Waals surface area (Å²) in [6.07, 6.45) is -3.25. The maximum Gasteiger partial charge on any atom is 0.409 e. The van der Waals surface area contributed by atoms with Crippen molar-refractivity contribution < 1.29 is 22.7 Å². The first-order chi connectivity index (χ1) is 7.92. The van der Waals surface area contributed by atoms with E-state index < -0.39 is 12.1 Å². The molecule has 2 nitrogen and oxygen atoms in total. The van der Waals surface area contributed by atoms with Crippen molar-refractivity contribution in [1.29, 1.82) is 0 Å². The Labute approximate surface area is 96.7 Å². The summed E-state index contributed by atoms with van der Waals surface area (Å²) < 4.78 is 40.4. The summed E-state index contributed by atoms with van der Waals surface area (Å²) in [6, 6.07) is 5.70. The number of hydrogen-bond donors (Lipinski definition) is 0. The second-order valence-electron chi connectivity index (χ2n) is 3.22. The van der Waals surface area contributed by atoms with Gasteiger partial charge in [-0.05, 0) is 24.6 Å². The third-order valence-corrected chi connectivity index (χ3v) is 1.89. The van der Waals surface area contributed by atoms with E-state index in [4.69, 9.17) is 4.74 Å². The first-order valence-electron chi connectivity index (χ1n) is 4.95. The summed E-state index contributed by atoms with van der Waals surface area (Å²) in [5.74, 6) is -0.487. The molecule has 0 aliphatic heterocycles. The van der Waals surface area contributed by atoms with Crippen LogP contribution in [0, 0.1) is 0 Å². The maximum absolute atomic E-state index is 11.9. The van der Waals surface area contributed by atoms with E-state index in [1.807, 2.05) is 0 Å². The van der Waals surface area contributed by atoms with Crippen LogP contribution in [0.15, 0.2) is 30.3 Å². The van der Waals surface area contributed by atoms with Gasteiger partial charge in [0.25, 0.3) is 0 Å². The van der Waals surface area contributed by atoms with E-state index in [2.05, 4.69) is 0 Å². The minimum atomic E-state index is -4.33. The van der Waals surface area contributed by atoms with E-state index in [0.717, 1.165) is 6.08 Å². The fourth-order valence-electron chi connectivity index (χ4n) is 1.14. The second kappa shape index (κ2) is 5.52. The molecule has 0 fully saturated rings. The van der Waals surface area contributed by atoms with E-state index in [1.54, 1.807) is 6.92 Å². The minimum Gasteiger partial charge on any atom is -0.462 e. The van der Waals surface area contributed by atoms with Crippen molar-refractivity contribution in [3.63, 3.8) is 0 Å². The zero-order valence-corrected chi connectivity index (χ0v) is 9.12. The van der Waals surface area contributed by atoms with E-state index >= 15 is 0 Å². The van der Waals surface area contributed by atoms with Crippen LogP contribution in [0.1, 0.15) is 22.8 Å². The van der Waals surface area contributed by atoms with Crippen LogP contribution < -0.4 is 0 Å². The fourth-order valence-corrected chi connectivity index (χ4v) is 1.14. The van der Waals surface area contributed by atoms with E-state index in [0.29, 0.717) is 11.1 Å². The quantitative estimate of drug-likeness (QED) is 0.761. The Hall–Kier alpha value is -1.78. The molecule has 17 heavy (non-hydrogen) atoms. The number of esters is 1. The van der Waals surface area contributed by atoms with Gasteiger partial charge < -0.3 is 4.74 Å². The van der Waals surface area contributed by atoms with Crippen molar-refractivity contribution in [3.8, 4) is 0 Å². The summed E-state index contributed by atoms with van der Waals surface area (Å²) in [5, 5.41) is 0. The molecule has 1 aromatic rings. The number of benzene rings is 1. The molecular formula is C12H11F3O2. The van der Waals surface area contributed by atoms with Gasteiger partial charge >= 0.3 is 12.1 Å². The SMILES string of the molecule is CCOC(=O)c1ccc(/C=C/C(F)(F)F)cc1. The van der Waals surface area contributed by atoms with Crippen LogP contribution in [0.3, 0.4) is 0 Å². The molecule has 0 saturated carbocycles. The van der Waals surface area contributed by atoms with Gasteiger partial charge in [0.1, 0.15) is 0 Å². The Kier molecular flexibility index (Phi) is 4.31. The van der Waals surface area contributed by atoms with Gasteiger partial charge in [0.2, 0.25) is 0 Å². The summed E-state index contributed by atoms with van der Waals surface area (Å²) in [5.41, 5.74) is 0.686.